The fraction of sp³-hybridized carbons (Fsp3) is 0.444. The average molecular weight is 377 g/mol. The number of esters is 1. The Labute approximate surface area is 157 Å². The molecule has 1 saturated heterocycles. The normalized spacial score (nSPS) is 20.1. The molecular weight excluding hydrogens is 354 g/mol. The predicted octanol–water partition coefficient (Wildman–Crippen LogP) is 1.29. The molecule has 0 aliphatic carbocycles. The molecule has 9 nitrogen and oxygen atoms in total. The maximum atomic E-state index is 12.3. The fourth-order valence-electron chi connectivity index (χ4n) is 2.53. The summed E-state index contributed by atoms with van der Waals surface area (Å²) >= 11 is 0. The van der Waals surface area contributed by atoms with Crippen LogP contribution in [0.3, 0.4) is 0 Å². The molecule has 2 N–H and O–H groups in total. The van der Waals surface area contributed by atoms with E-state index in [4.69, 9.17) is 9.47 Å². The molecule has 27 heavy (non-hydrogen) atoms. The summed E-state index contributed by atoms with van der Waals surface area (Å²) in [6, 6.07) is 6.13. The Morgan fingerprint density at radius 2 is 1.96 bits per heavy atom. The first kappa shape index (κ1) is 20.2. The smallest absolute Gasteiger partial charge is 0.327 e. The van der Waals surface area contributed by atoms with Gasteiger partial charge in [0, 0.05) is 0 Å². The van der Waals surface area contributed by atoms with Crippen LogP contribution in [0, 0.1) is 0 Å². The second kappa shape index (κ2) is 8.07. The van der Waals surface area contributed by atoms with Crippen LogP contribution in [0.1, 0.15) is 27.2 Å². The molecule has 0 bridgehead atoms. The van der Waals surface area contributed by atoms with E-state index in [-0.39, 0.29) is 0 Å². The third-order valence-electron chi connectivity index (χ3n) is 4.38. The van der Waals surface area contributed by atoms with E-state index in [0.717, 1.165) is 4.90 Å². The van der Waals surface area contributed by atoms with Crippen LogP contribution in [-0.4, -0.2) is 54.0 Å². The number of benzene rings is 1. The van der Waals surface area contributed by atoms with E-state index in [1.807, 2.05) is 0 Å². The summed E-state index contributed by atoms with van der Waals surface area (Å²) in [5.41, 5.74) is -0.606. The first-order chi connectivity index (χ1) is 12.7. The molecule has 2 rings (SSSR count). The standard InChI is InChI=1S/C18H23N3O6/c1-5-18(3)16(24)21(17(25)20-18)10-14(22)27-11(2)15(23)19-12-8-6-7-9-13(12)26-4/h6-9,11H,5,10H2,1-4H3,(H,19,23)(H,20,25)/t11-,18-/m0/s1. The van der Waals surface area contributed by atoms with Gasteiger partial charge in [-0.1, -0.05) is 19.1 Å². The van der Waals surface area contributed by atoms with Gasteiger partial charge in [0.2, 0.25) is 0 Å². The number of nitrogens with one attached hydrogen (secondary N) is 2. The molecule has 0 aromatic heterocycles. The molecule has 1 aliphatic rings. The highest BCUT2D eigenvalue weighted by atomic mass is 16.5. The Morgan fingerprint density at radius 3 is 2.56 bits per heavy atom. The molecule has 4 amide bonds. The number of hydrogen-bond donors (Lipinski definition) is 2. The van der Waals surface area contributed by atoms with Gasteiger partial charge < -0.3 is 20.1 Å². The number of urea groups is 1. The van der Waals surface area contributed by atoms with Crippen molar-refractivity contribution in [2.45, 2.75) is 38.8 Å². The maximum Gasteiger partial charge on any atom is 0.327 e. The molecule has 146 valence electrons. The molecule has 0 saturated carbocycles. The van der Waals surface area contributed by atoms with Gasteiger partial charge in [-0.05, 0) is 32.4 Å². The van der Waals surface area contributed by atoms with Gasteiger partial charge in [-0.15, -0.1) is 0 Å². The number of imide groups is 1. The van der Waals surface area contributed by atoms with Crippen LogP contribution < -0.4 is 15.4 Å². The third kappa shape index (κ3) is 4.36. The Morgan fingerprint density at radius 1 is 1.30 bits per heavy atom. The van der Waals surface area contributed by atoms with Crippen LogP contribution in [0.25, 0.3) is 0 Å². The van der Waals surface area contributed by atoms with Gasteiger partial charge in [0.25, 0.3) is 11.8 Å². The lowest BCUT2D eigenvalue weighted by Crippen LogP contribution is -2.44. The lowest BCUT2D eigenvalue weighted by Gasteiger charge is -2.19. The molecule has 1 heterocycles. The molecule has 2 atom stereocenters. The predicted molar refractivity (Wildman–Crippen MR) is 96.1 cm³/mol. The van der Waals surface area contributed by atoms with Crippen molar-refractivity contribution in [3.63, 3.8) is 0 Å². The average Bonchev–Trinajstić information content (AvgIpc) is 2.85. The van der Waals surface area contributed by atoms with Crippen molar-refractivity contribution in [1.29, 1.82) is 0 Å². The summed E-state index contributed by atoms with van der Waals surface area (Å²) in [7, 11) is 1.47. The number of carbonyl (C=O) groups excluding carboxylic acids is 4. The van der Waals surface area contributed by atoms with Crippen molar-refractivity contribution in [3.8, 4) is 5.75 Å². The first-order valence-electron chi connectivity index (χ1n) is 8.49. The molecule has 0 spiro atoms. The zero-order valence-electron chi connectivity index (χ0n) is 15.7. The largest absolute Gasteiger partial charge is 0.495 e. The van der Waals surface area contributed by atoms with E-state index in [9.17, 15) is 19.2 Å². The molecule has 0 unspecified atom stereocenters. The number of hydrogen-bond acceptors (Lipinski definition) is 6. The summed E-state index contributed by atoms with van der Waals surface area (Å²) in [4.78, 5) is 49.3. The van der Waals surface area contributed by atoms with Crippen molar-refractivity contribution in [3.05, 3.63) is 24.3 Å². The second-order valence-corrected chi connectivity index (χ2v) is 6.33. The number of para-hydroxylation sites is 2. The highest BCUT2D eigenvalue weighted by Crippen LogP contribution is 2.23. The van der Waals surface area contributed by atoms with E-state index in [0.29, 0.717) is 17.9 Å². The van der Waals surface area contributed by atoms with Gasteiger partial charge in [-0.3, -0.25) is 19.3 Å². The molecule has 1 aromatic rings. The van der Waals surface area contributed by atoms with Crippen LogP contribution in [-0.2, 0) is 19.1 Å². The molecule has 1 aliphatic heterocycles. The number of nitrogens with zero attached hydrogens (tertiary/aromatic N) is 1. The van der Waals surface area contributed by atoms with Crippen LogP contribution in [0.5, 0.6) is 5.75 Å². The topological polar surface area (TPSA) is 114 Å². The van der Waals surface area contributed by atoms with E-state index >= 15 is 0 Å². The minimum absolute atomic E-state index is 0.390. The second-order valence-electron chi connectivity index (χ2n) is 6.33. The van der Waals surface area contributed by atoms with Crippen molar-refractivity contribution in [2.24, 2.45) is 0 Å². The molecule has 1 fully saturated rings. The van der Waals surface area contributed by atoms with Crippen LogP contribution >= 0.6 is 0 Å². The summed E-state index contributed by atoms with van der Waals surface area (Å²) < 4.78 is 10.2. The summed E-state index contributed by atoms with van der Waals surface area (Å²) in [6.45, 7) is 4.17. The fourth-order valence-corrected chi connectivity index (χ4v) is 2.53. The van der Waals surface area contributed by atoms with Crippen LogP contribution in [0.15, 0.2) is 24.3 Å². The number of anilines is 1. The van der Waals surface area contributed by atoms with Gasteiger partial charge in [-0.25, -0.2) is 4.79 Å². The minimum Gasteiger partial charge on any atom is -0.495 e. The molecule has 9 heteroatoms. The monoisotopic (exact) mass is 377 g/mol. The molecule has 1 aromatic carbocycles. The van der Waals surface area contributed by atoms with E-state index in [1.165, 1.54) is 14.0 Å². The van der Waals surface area contributed by atoms with Crippen molar-refractivity contribution in [1.82, 2.24) is 10.2 Å². The van der Waals surface area contributed by atoms with E-state index < -0.39 is 42.0 Å². The maximum absolute atomic E-state index is 12.3. The summed E-state index contributed by atoms with van der Waals surface area (Å²) in [6.07, 6.45) is -0.735. The Kier molecular flexibility index (Phi) is 6.04. The SMILES string of the molecule is CC[C@]1(C)NC(=O)N(CC(=O)O[C@@H](C)C(=O)Nc2ccccc2OC)C1=O. The van der Waals surface area contributed by atoms with E-state index in [1.54, 1.807) is 38.1 Å². The Bertz CT molecular complexity index is 765. The molecule has 0 radical (unpaired) electrons. The van der Waals surface area contributed by atoms with Crippen molar-refractivity contribution < 1.29 is 28.7 Å². The van der Waals surface area contributed by atoms with Gasteiger partial charge in [0.1, 0.15) is 17.8 Å². The quantitative estimate of drug-likeness (QED) is 0.547. The number of methoxy groups -OCH3 is 1. The van der Waals surface area contributed by atoms with Gasteiger partial charge in [-0.2, -0.15) is 0 Å². The summed E-state index contributed by atoms with van der Waals surface area (Å²) in [5, 5.41) is 5.14. The lowest BCUT2D eigenvalue weighted by atomic mass is 9.99. The zero-order chi connectivity index (χ0) is 20.2. The Balaban J connectivity index is 1.94. The number of rotatable bonds is 7. The van der Waals surface area contributed by atoms with E-state index in [2.05, 4.69) is 10.6 Å². The summed E-state index contributed by atoms with van der Waals surface area (Å²) in [5.74, 6) is -1.47. The van der Waals surface area contributed by atoms with Crippen LogP contribution in [0.4, 0.5) is 10.5 Å². The van der Waals surface area contributed by atoms with Crippen LogP contribution in [0.2, 0.25) is 0 Å². The zero-order valence-corrected chi connectivity index (χ0v) is 15.7. The minimum atomic E-state index is -1.12. The first-order valence-corrected chi connectivity index (χ1v) is 8.49. The third-order valence-corrected chi connectivity index (χ3v) is 4.38. The highest BCUT2D eigenvalue weighted by Gasteiger charge is 2.47. The number of amides is 4. The van der Waals surface area contributed by atoms with Crippen molar-refractivity contribution in [2.75, 3.05) is 19.0 Å². The molecular formula is C18H23N3O6. The number of ether oxygens (including phenoxy) is 2. The van der Waals surface area contributed by atoms with Gasteiger partial charge in [0.05, 0.1) is 12.8 Å². The number of carbonyl (C=O) groups is 4. The van der Waals surface area contributed by atoms with Gasteiger partial charge in [0.15, 0.2) is 6.10 Å². The Hall–Kier alpha value is -3.10. The van der Waals surface area contributed by atoms with Gasteiger partial charge >= 0.3 is 12.0 Å². The highest BCUT2D eigenvalue weighted by molar-refractivity contribution is 6.08. The van der Waals surface area contributed by atoms with Crippen molar-refractivity contribution >= 4 is 29.5 Å². The lowest BCUT2D eigenvalue weighted by molar-refractivity contribution is -0.155.